The van der Waals surface area contributed by atoms with Crippen LogP contribution in [0.15, 0.2) is 24.3 Å². The lowest BCUT2D eigenvalue weighted by Crippen LogP contribution is -2.36. The molecule has 0 saturated carbocycles. The van der Waals surface area contributed by atoms with Gasteiger partial charge in [-0.3, -0.25) is 10.2 Å². The molecule has 1 heterocycles. The van der Waals surface area contributed by atoms with Crippen LogP contribution in [0.4, 0.5) is 13.2 Å². The van der Waals surface area contributed by atoms with Crippen LogP contribution >= 0.6 is 0 Å². The molecule has 19 heavy (non-hydrogen) atoms. The number of hydrazine groups is 1. The predicted octanol–water partition coefficient (Wildman–Crippen LogP) is 2.21. The van der Waals surface area contributed by atoms with Crippen LogP contribution in [0.5, 0.6) is 5.75 Å². The molecule has 2 rings (SSSR count). The highest BCUT2D eigenvalue weighted by Crippen LogP contribution is 2.23. The molecular weight excluding hydrogens is 261 g/mol. The molecule has 4 nitrogen and oxygen atoms in total. The van der Waals surface area contributed by atoms with Crippen LogP contribution in [-0.4, -0.2) is 23.3 Å². The molecule has 1 atom stereocenters. The fourth-order valence-electron chi connectivity index (χ4n) is 1.88. The van der Waals surface area contributed by atoms with Gasteiger partial charge in [0.25, 0.3) is 0 Å². The molecule has 0 aliphatic carbocycles. The van der Waals surface area contributed by atoms with Crippen LogP contribution in [-0.2, 0) is 11.3 Å². The molecule has 1 aromatic carbocycles. The Morgan fingerprint density at radius 2 is 2.00 bits per heavy atom. The minimum Gasteiger partial charge on any atom is -0.406 e. The highest BCUT2D eigenvalue weighted by molar-refractivity contribution is 5.77. The number of halogens is 3. The number of alkyl halides is 3. The summed E-state index contributed by atoms with van der Waals surface area (Å²) in [4.78, 5) is 11.2. The Labute approximate surface area is 108 Å². The normalized spacial score (nSPS) is 20.4. The molecule has 0 unspecified atom stereocenters. The molecule has 0 spiro atoms. The number of benzene rings is 1. The summed E-state index contributed by atoms with van der Waals surface area (Å²) in [7, 11) is 0. The largest absolute Gasteiger partial charge is 0.573 e. The summed E-state index contributed by atoms with van der Waals surface area (Å²) in [5, 5.41) is 1.75. The molecule has 1 amide bonds. The van der Waals surface area contributed by atoms with Gasteiger partial charge in [-0.15, -0.1) is 13.2 Å². The van der Waals surface area contributed by atoms with Gasteiger partial charge < -0.3 is 4.74 Å². The summed E-state index contributed by atoms with van der Waals surface area (Å²) >= 11 is 0. The van der Waals surface area contributed by atoms with E-state index >= 15 is 0 Å². The van der Waals surface area contributed by atoms with Gasteiger partial charge in [0.1, 0.15) is 5.75 Å². The lowest BCUT2D eigenvalue weighted by atomic mass is 10.2. The van der Waals surface area contributed by atoms with E-state index in [2.05, 4.69) is 10.2 Å². The van der Waals surface area contributed by atoms with Gasteiger partial charge >= 0.3 is 6.36 Å². The summed E-state index contributed by atoms with van der Waals surface area (Å²) in [5.74, 6) is -0.306. The van der Waals surface area contributed by atoms with Gasteiger partial charge in [-0.05, 0) is 24.6 Å². The number of ether oxygens (including phenoxy) is 1. The Morgan fingerprint density at radius 3 is 2.47 bits per heavy atom. The van der Waals surface area contributed by atoms with Crippen LogP contribution in [0.1, 0.15) is 18.9 Å². The van der Waals surface area contributed by atoms with Crippen molar-refractivity contribution >= 4 is 5.91 Å². The van der Waals surface area contributed by atoms with Gasteiger partial charge in [0.2, 0.25) is 5.91 Å². The number of nitrogens with zero attached hydrogens (tertiary/aromatic N) is 1. The van der Waals surface area contributed by atoms with Crippen LogP contribution in [0, 0.1) is 0 Å². The number of amides is 1. The molecule has 7 heteroatoms. The number of hydrogen-bond donors (Lipinski definition) is 1. The van der Waals surface area contributed by atoms with E-state index in [0.29, 0.717) is 13.0 Å². The quantitative estimate of drug-likeness (QED) is 0.918. The first-order valence-electron chi connectivity index (χ1n) is 5.74. The zero-order valence-electron chi connectivity index (χ0n) is 10.2. The second-order valence-electron chi connectivity index (χ2n) is 4.41. The van der Waals surface area contributed by atoms with E-state index in [1.54, 1.807) is 5.01 Å². The third-order valence-electron chi connectivity index (χ3n) is 2.79. The van der Waals surface area contributed by atoms with Gasteiger partial charge in [0.05, 0.1) is 0 Å². The maximum Gasteiger partial charge on any atom is 0.573 e. The molecule has 104 valence electrons. The summed E-state index contributed by atoms with van der Waals surface area (Å²) in [5.41, 5.74) is 3.48. The molecule has 1 aliphatic rings. The van der Waals surface area contributed by atoms with Crippen molar-refractivity contribution in [2.24, 2.45) is 0 Å². The van der Waals surface area contributed by atoms with Gasteiger partial charge in [0, 0.05) is 19.0 Å². The minimum absolute atomic E-state index is 0.0514. The van der Waals surface area contributed by atoms with Crippen LogP contribution < -0.4 is 10.2 Å². The molecule has 0 radical (unpaired) electrons. The van der Waals surface area contributed by atoms with Crippen LogP contribution in [0.25, 0.3) is 0 Å². The Hall–Kier alpha value is -1.76. The number of hydrogen-bond acceptors (Lipinski definition) is 3. The number of carbonyl (C=O) groups is 1. The molecule has 1 aromatic rings. The van der Waals surface area contributed by atoms with Gasteiger partial charge in [-0.2, -0.15) is 0 Å². The molecule has 1 aliphatic heterocycles. The standard InChI is InChI=1S/C12H13F3N2O2/c1-8-6-11(18)16-17(8)7-9-2-4-10(5-3-9)19-12(13,14)15/h2-5,8H,6-7H2,1H3,(H,16,18)/t8-/m1/s1. The molecule has 1 saturated heterocycles. The third-order valence-corrected chi connectivity index (χ3v) is 2.79. The monoisotopic (exact) mass is 274 g/mol. The van der Waals surface area contributed by atoms with Gasteiger partial charge in [-0.1, -0.05) is 12.1 Å². The van der Waals surface area contributed by atoms with E-state index < -0.39 is 6.36 Å². The van der Waals surface area contributed by atoms with E-state index in [1.807, 2.05) is 6.92 Å². The SMILES string of the molecule is C[C@@H]1CC(=O)NN1Cc1ccc(OC(F)(F)F)cc1. The lowest BCUT2D eigenvalue weighted by Gasteiger charge is -2.20. The van der Waals surface area contributed by atoms with E-state index in [-0.39, 0.29) is 17.7 Å². The van der Waals surface area contributed by atoms with E-state index in [9.17, 15) is 18.0 Å². The second kappa shape index (κ2) is 5.08. The lowest BCUT2D eigenvalue weighted by molar-refractivity contribution is -0.274. The Bertz CT molecular complexity index is 459. The average molecular weight is 274 g/mol. The first kappa shape index (κ1) is 13.7. The number of rotatable bonds is 3. The second-order valence-corrected chi connectivity index (χ2v) is 4.41. The van der Waals surface area contributed by atoms with Crippen molar-refractivity contribution in [2.45, 2.75) is 32.3 Å². The van der Waals surface area contributed by atoms with Crippen molar-refractivity contribution < 1.29 is 22.7 Å². The first-order chi connectivity index (χ1) is 8.83. The van der Waals surface area contributed by atoms with Gasteiger partial charge in [-0.25, -0.2) is 5.01 Å². The summed E-state index contributed by atoms with van der Waals surface area (Å²) in [6.45, 7) is 2.35. The van der Waals surface area contributed by atoms with Crippen molar-refractivity contribution in [1.82, 2.24) is 10.4 Å². The summed E-state index contributed by atoms with van der Waals surface area (Å²) in [6.07, 6.45) is -4.26. The van der Waals surface area contributed by atoms with Crippen LogP contribution in [0.2, 0.25) is 0 Å². The highest BCUT2D eigenvalue weighted by atomic mass is 19.4. The fourth-order valence-corrected chi connectivity index (χ4v) is 1.88. The van der Waals surface area contributed by atoms with Crippen molar-refractivity contribution in [3.8, 4) is 5.75 Å². The topological polar surface area (TPSA) is 41.6 Å². The summed E-state index contributed by atoms with van der Waals surface area (Å²) < 4.78 is 39.7. The van der Waals surface area contributed by atoms with Crippen LogP contribution in [0.3, 0.4) is 0 Å². The maximum absolute atomic E-state index is 12.0. The Kier molecular flexibility index (Phi) is 3.66. The van der Waals surface area contributed by atoms with Crippen molar-refractivity contribution in [3.63, 3.8) is 0 Å². The highest BCUT2D eigenvalue weighted by Gasteiger charge is 2.31. The fraction of sp³-hybridized carbons (Fsp3) is 0.417. The zero-order valence-corrected chi connectivity index (χ0v) is 10.2. The third kappa shape index (κ3) is 3.85. The molecule has 1 fully saturated rings. The first-order valence-corrected chi connectivity index (χ1v) is 5.74. The molecular formula is C12H13F3N2O2. The number of carbonyl (C=O) groups excluding carboxylic acids is 1. The minimum atomic E-state index is -4.68. The van der Waals surface area contributed by atoms with Gasteiger partial charge in [0.15, 0.2) is 0 Å². The van der Waals surface area contributed by atoms with Crippen molar-refractivity contribution in [3.05, 3.63) is 29.8 Å². The molecule has 0 aromatic heterocycles. The predicted molar refractivity (Wildman–Crippen MR) is 60.9 cm³/mol. The van der Waals surface area contributed by atoms with E-state index in [0.717, 1.165) is 5.56 Å². The summed E-state index contributed by atoms with van der Waals surface area (Å²) in [6, 6.07) is 5.66. The Balaban J connectivity index is 1.97. The van der Waals surface area contributed by atoms with Crippen molar-refractivity contribution in [2.75, 3.05) is 0 Å². The molecule has 0 bridgehead atoms. The molecule has 1 N–H and O–H groups in total. The maximum atomic E-state index is 12.0. The van der Waals surface area contributed by atoms with E-state index in [4.69, 9.17) is 0 Å². The van der Waals surface area contributed by atoms with E-state index in [1.165, 1.54) is 24.3 Å². The van der Waals surface area contributed by atoms with Crippen molar-refractivity contribution in [1.29, 1.82) is 0 Å². The smallest absolute Gasteiger partial charge is 0.406 e. The zero-order chi connectivity index (χ0) is 14.0. The Morgan fingerprint density at radius 1 is 1.37 bits per heavy atom. The average Bonchev–Trinajstić information content (AvgIpc) is 2.58. The number of nitrogens with one attached hydrogen (secondary N) is 1.